The number of carbonyl (C=O) groups excluding carboxylic acids is 1. The van der Waals surface area contributed by atoms with E-state index in [0.717, 1.165) is 30.6 Å². The number of hydrogen-bond acceptors (Lipinski definition) is 4. The smallest absolute Gasteiger partial charge is 0.238 e. The van der Waals surface area contributed by atoms with Gasteiger partial charge in [-0.3, -0.25) is 10.1 Å². The molecule has 4 atom stereocenters. The Morgan fingerprint density at radius 3 is 2.90 bits per heavy atom. The van der Waals surface area contributed by atoms with Crippen LogP contribution in [-0.4, -0.2) is 42.7 Å². The summed E-state index contributed by atoms with van der Waals surface area (Å²) in [6.45, 7) is 0.386. The molecule has 1 amide bonds. The van der Waals surface area contributed by atoms with Crippen molar-refractivity contribution < 1.29 is 14.3 Å². The van der Waals surface area contributed by atoms with Gasteiger partial charge in [0.25, 0.3) is 0 Å². The molecule has 2 bridgehead atoms. The summed E-state index contributed by atoms with van der Waals surface area (Å²) in [4.78, 5) is 14.4. The van der Waals surface area contributed by atoms with Crippen LogP contribution in [0.4, 0.5) is 0 Å². The molecule has 3 aliphatic heterocycles. The highest BCUT2D eigenvalue weighted by Crippen LogP contribution is 2.41. The zero-order valence-electron chi connectivity index (χ0n) is 12.1. The van der Waals surface area contributed by atoms with E-state index in [0.29, 0.717) is 12.6 Å². The van der Waals surface area contributed by atoms with E-state index in [-0.39, 0.29) is 24.2 Å². The van der Waals surface area contributed by atoms with Gasteiger partial charge in [-0.05, 0) is 25.3 Å². The minimum absolute atomic E-state index is 0.110. The van der Waals surface area contributed by atoms with Gasteiger partial charge < -0.3 is 14.4 Å². The first-order valence-corrected chi connectivity index (χ1v) is 7.61. The summed E-state index contributed by atoms with van der Waals surface area (Å²) in [7, 11) is 1.67. The molecule has 3 saturated heterocycles. The van der Waals surface area contributed by atoms with Crippen LogP contribution in [0.2, 0.25) is 0 Å². The zero-order chi connectivity index (χ0) is 14.4. The lowest BCUT2D eigenvalue weighted by Gasteiger charge is -2.34. The van der Waals surface area contributed by atoms with Crippen LogP contribution >= 0.6 is 0 Å². The third-order valence-electron chi connectivity index (χ3n) is 4.88. The van der Waals surface area contributed by atoms with Gasteiger partial charge in [0.1, 0.15) is 11.9 Å². The fourth-order valence-corrected chi connectivity index (χ4v) is 3.95. The van der Waals surface area contributed by atoms with Crippen molar-refractivity contribution in [1.29, 1.82) is 0 Å². The first-order chi connectivity index (χ1) is 10.3. The number of benzene rings is 1. The Balaban J connectivity index is 1.66. The number of methoxy groups -OCH3 is 1. The van der Waals surface area contributed by atoms with Gasteiger partial charge in [-0.15, -0.1) is 0 Å². The van der Waals surface area contributed by atoms with Gasteiger partial charge in [0.2, 0.25) is 5.91 Å². The molecule has 3 aliphatic rings. The molecule has 5 nitrogen and oxygen atoms in total. The molecular formula is C16H20N2O3. The van der Waals surface area contributed by atoms with Crippen LogP contribution in [0.15, 0.2) is 24.3 Å². The number of para-hydroxylation sites is 1. The summed E-state index contributed by atoms with van der Waals surface area (Å²) >= 11 is 0. The fraction of sp³-hybridized carbons (Fsp3) is 0.562. The maximum atomic E-state index is 12.4. The predicted molar refractivity (Wildman–Crippen MR) is 76.9 cm³/mol. The average molecular weight is 288 g/mol. The zero-order valence-corrected chi connectivity index (χ0v) is 12.1. The van der Waals surface area contributed by atoms with Crippen molar-refractivity contribution in [2.75, 3.05) is 13.7 Å². The van der Waals surface area contributed by atoms with E-state index in [1.54, 1.807) is 7.11 Å². The van der Waals surface area contributed by atoms with E-state index in [2.05, 4.69) is 5.32 Å². The quantitative estimate of drug-likeness (QED) is 0.914. The van der Waals surface area contributed by atoms with Gasteiger partial charge in [-0.1, -0.05) is 18.2 Å². The van der Waals surface area contributed by atoms with Crippen molar-refractivity contribution >= 4 is 5.91 Å². The average Bonchev–Trinajstić information content (AvgIpc) is 3.22. The van der Waals surface area contributed by atoms with Gasteiger partial charge in [0.15, 0.2) is 0 Å². The van der Waals surface area contributed by atoms with E-state index in [1.807, 2.05) is 29.2 Å². The van der Waals surface area contributed by atoms with Crippen LogP contribution in [-0.2, 0) is 9.53 Å². The second kappa shape index (κ2) is 5.00. The van der Waals surface area contributed by atoms with Gasteiger partial charge in [-0.2, -0.15) is 0 Å². The number of amides is 1. The largest absolute Gasteiger partial charge is 0.496 e. The fourth-order valence-electron chi connectivity index (χ4n) is 3.95. The number of hydrogen-bond donors (Lipinski definition) is 1. The highest BCUT2D eigenvalue weighted by atomic mass is 16.5. The molecule has 1 aromatic carbocycles. The highest BCUT2D eigenvalue weighted by Gasteiger charge is 2.49. The SMILES string of the molecule is COc1ccccc1C1NCC(=O)N1C1CC2CCC1O2. The first kappa shape index (κ1) is 13.1. The van der Waals surface area contributed by atoms with E-state index in [4.69, 9.17) is 9.47 Å². The molecular weight excluding hydrogens is 268 g/mol. The van der Waals surface area contributed by atoms with Crippen molar-refractivity contribution in [3.63, 3.8) is 0 Å². The Bertz CT molecular complexity index is 562. The van der Waals surface area contributed by atoms with Crippen LogP contribution in [0, 0.1) is 0 Å². The Morgan fingerprint density at radius 1 is 1.33 bits per heavy atom. The number of rotatable bonds is 3. The molecule has 0 radical (unpaired) electrons. The Kier molecular flexibility index (Phi) is 3.12. The molecule has 0 saturated carbocycles. The predicted octanol–water partition coefficient (Wildman–Crippen LogP) is 1.45. The molecule has 112 valence electrons. The maximum absolute atomic E-state index is 12.4. The Labute approximate surface area is 124 Å². The summed E-state index contributed by atoms with van der Waals surface area (Å²) in [5.41, 5.74) is 1.02. The van der Waals surface area contributed by atoms with E-state index < -0.39 is 0 Å². The lowest BCUT2D eigenvalue weighted by molar-refractivity contribution is -0.131. The van der Waals surface area contributed by atoms with E-state index >= 15 is 0 Å². The number of ether oxygens (including phenoxy) is 2. The second-order valence-corrected chi connectivity index (χ2v) is 6.00. The van der Waals surface area contributed by atoms with Crippen LogP contribution in [0.3, 0.4) is 0 Å². The summed E-state index contributed by atoms with van der Waals surface area (Å²) in [5, 5.41) is 3.32. The lowest BCUT2D eigenvalue weighted by atomic mass is 9.93. The molecule has 1 N–H and O–H groups in total. The molecule has 4 unspecified atom stereocenters. The third-order valence-corrected chi connectivity index (χ3v) is 4.88. The van der Waals surface area contributed by atoms with Gasteiger partial charge in [-0.25, -0.2) is 0 Å². The highest BCUT2D eigenvalue weighted by molar-refractivity contribution is 5.81. The van der Waals surface area contributed by atoms with E-state index in [9.17, 15) is 4.79 Å². The monoisotopic (exact) mass is 288 g/mol. The molecule has 0 aliphatic carbocycles. The topological polar surface area (TPSA) is 50.8 Å². The molecule has 0 spiro atoms. The Morgan fingerprint density at radius 2 is 2.19 bits per heavy atom. The minimum atomic E-state index is -0.110. The summed E-state index contributed by atoms with van der Waals surface area (Å²) in [6, 6.07) is 8.09. The molecule has 21 heavy (non-hydrogen) atoms. The molecule has 0 aromatic heterocycles. The summed E-state index contributed by atoms with van der Waals surface area (Å²) < 4.78 is 11.4. The summed E-state index contributed by atoms with van der Waals surface area (Å²) in [6.07, 6.45) is 3.60. The number of nitrogens with zero attached hydrogens (tertiary/aromatic N) is 1. The van der Waals surface area contributed by atoms with Crippen LogP contribution < -0.4 is 10.1 Å². The first-order valence-electron chi connectivity index (χ1n) is 7.61. The maximum Gasteiger partial charge on any atom is 0.238 e. The minimum Gasteiger partial charge on any atom is -0.496 e. The van der Waals surface area contributed by atoms with Crippen molar-refractivity contribution in [3.05, 3.63) is 29.8 Å². The number of fused-ring (bicyclic) bond motifs is 2. The van der Waals surface area contributed by atoms with Crippen LogP contribution in [0.25, 0.3) is 0 Å². The van der Waals surface area contributed by atoms with Crippen LogP contribution in [0.5, 0.6) is 5.75 Å². The standard InChI is InChI=1S/C16H20N2O3/c1-20-13-5-3-2-4-11(13)16-17-9-15(19)18(16)12-8-10-6-7-14(12)21-10/h2-5,10,12,14,16-17H,6-9H2,1H3. The van der Waals surface area contributed by atoms with Gasteiger partial charge >= 0.3 is 0 Å². The normalized spacial score (nSPS) is 34.7. The van der Waals surface area contributed by atoms with Crippen molar-refractivity contribution in [1.82, 2.24) is 10.2 Å². The van der Waals surface area contributed by atoms with Crippen LogP contribution in [0.1, 0.15) is 31.0 Å². The van der Waals surface area contributed by atoms with Crippen molar-refractivity contribution in [3.8, 4) is 5.75 Å². The third kappa shape index (κ3) is 2.03. The molecule has 1 aromatic rings. The Hall–Kier alpha value is -1.59. The summed E-state index contributed by atoms with van der Waals surface area (Å²) in [5.74, 6) is 0.978. The van der Waals surface area contributed by atoms with Gasteiger partial charge in [0.05, 0.1) is 31.9 Å². The molecule has 4 rings (SSSR count). The van der Waals surface area contributed by atoms with Crippen molar-refractivity contribution in [2.45, 2.75) is 43.7 Å². The number of nitrogens with one attached hydrogen (secondary N) is 1. The lowest BCUT2D eigenvalue weighted by Crippen LogP contribution is -2.45. The van der Waals surface area contributed by atoms with E-state index in [1.165, 1.54) is 0 Å². The number of carbonyl (C=O) groups is 1. The molecule has 3 heterocycles. The van der Waals surface area contributed by atoms with Crippen molar-refractivity contribution in [2.24, 2.45) is 0 Å². The molecule has 3 fully saturated rings. The molecule has 5 heteroatoms. The second-order valence-electron chi connectivity index (χ2n) is 6.00. The van der Waals surface area contributed by atoms with Gasteiger partial charge in [0, 0.05) is 5.56 Å².